The molecule has 168 valence electrons. The summed E-state index contributed by atoms with van der Waals surface area (Å²) in [4.78, 5) is 12.4. The predicted octanol–water partition coefficient (Wildman–Crippen LogP) is 8.35. The number of hydrogen-bond donors (Lipinski definition) is 1. The summed E-state index contributed by atoms with van der Waals surface area (Å²) < 4.78 is 0. The first kappa shape index (κ1) is 24.9. The Morgan fingerprint density at radius 1 is 0.710 bits per heavy atom. The van der Waals surface area contributed by atoms with Gasteiger partial charge in [-0.05, 0) is 42.8 Å². The van der Waals surface area contributed by atoms with Crippen LogP contribution >= 0.6 is 0 Å². The van der Waals surface area contributed by atoms with Crippen molar-refractivity contribution < 1.29 is 9.90 Å². The molecule has 0 spiro atoms. The zero-order valence-corrected chi connectivity index (χ0v) is 19.0. The van der Waals surface area contributed by atoms with Crippen LogP contribution in [0.15, 0.2) is 64.8 Å². The number of aliphatic hydroxyl groups is 1. The Morgan fingerprint density at radius 2 is 1.19 bits per heavy atom. The molecule has 2 aromatic carbocycles. The fourth-order valence-corrected chi connectivity index (χ4v) is 3.63. The van der Waals surface area contributed by atoms with E-state index in [2.05, 4.69) is 17.2 Å². The molecule has 4 heteroatoms. The number of nitrogens with zero attached hydrogens (tertiary/aromatic N) is 2. The highest BCUT2D eigenvalue weighted by molar-refractivity contribution is 5.99. The highest BCUT2D eigenvalue weighted by Crippen LogP contribution is 2.20. The van der Waals surface area contributed by atoms with Gasteiger partial charge in [-0.3, -0.25) is 4.79 Å². The van der Waals surface area contributed by atoms with E-state index < -0.39 is 6.10 Å². The number of hydrogen-bond acceptors (Lipinski definition) is 4. The van der Waals surface area contributed by atoms with E-state index in [1.807, 2.05) is 30.3 Å². The Morgan fingerprint density at radius 3 is 1.74 bits per heavy atom. The van der Waals surface area contributed by atoms with Gasteiger partial charge in [0.2, 0.25) is 0 Å². The summed E-state index contributed by atoms with van der Waals surface area (Å²) >= 11 is 0. The second-order valence-corrected chi connectivity index (χ2v) is 8.29. The number of carbonyl (C=O) groups is 1. The second-order valence-electron chi connectivity index (χ2n) is 8.29. The third kappa shape index (κ3) is 10.5. The predicted molar refractivity (Wildman–Crippen MR) is 128 cm³/mol. The number of carbonyl (C=O) groups excluding carboxylic acids is 1. The largest absolute Gasteiger partial charge is 0.385 e. The number of Topliss-reactive ketones (excluding diaryl/α,β-unsaturated/α-hetero) is 1. The van der Waals surface area contributed by atoms with Crippen molar-refractivity contribution in [2.24, 2.45) is 10.2 Å². The van der Waals surface area contributed by atoms with Crippen LogP contribution in [0.2, 0.25) is 0 Å². The molecule has 31 heavy (non-hydrogen) atoms. The molecule has 1 N–H and O–H groups in total. The quantitative estimate of drug-likeness (QED) is 0.168. The van der Waals surface area contributed by atoms with Crippen LogP contribution in [0.3, 0.4) is 0 Å². The van der Waals surface area contributed by atoms with E-state index in [1.165, 1.54) is 57.8 Å². The van der Waals surface area contributed by atoms with Crippen molar-refractivity contribution in [3.63, 3.8) is 0 Å². The molecule has 0 heterocycles. The molecule has 0 aliphatic rings. The van der Waals surface area contributed by atoms with Crippen LogP contribution in [0.25, 0.3) is 0 Å². The second kappa shape index (κ2) is 15.5. The number of unbranched alkanes of at least 4 members (excludes halogenated alkanes) is 10. The zero-order valence-electron chi connectivity index (χ0n) is 19.0. The summed E-state index contributed by atoms with van der Waals surface area (Å²) in [6, 6.07) is 16.5. The smallest absolute Gasteiger partial charge is 0.191 e. The molecule has 1 unspecified atom stereocenters. The molecular formula is C27H38N2O2. The van der Waals surface area contributed by atoms with Crippen molar-refractivity contribution in [1.29, 1.82) is 0 Å². The van der Waals surface area contributed by atoms with Crippen molar-refractivity contribution in [3.05, 3.63) is 60.2 Å². The Balaban J connectivity index is 1.60. The van der Waals surface area contributed by atoms with Crippen LogP contribution in [0, 0.1) is 0 Å². The first-order valence-corrected chi connectivity index (χ1v) is 12.0. The van der Waals surface area contributed by atoms with Crippen LogP contribution < -0.4 is 0 Å². The van der Waals surface area contributed by atoms with Gasteiger partial charge in [-0.25, -0.2) is 0 Å². The summed E-state index contributed by atoms with van der Waals surface area (Å²) in [6.45, 7) is 2.25. The molecule has 0 aliphatic carbocycles. The van der Waals surface area contributed by atoms with Gasteiger partial charge in [0.1, 0.15) is 6.10 Å². The van der Waals surface area contributed by atoms with Crippen LogP contribution in [0.1, 0.15) is 94.3 Å². The molecule has 0 bridgehead atoms. The van der Waals surface area contributed by atoms with Crippen molar-refractivity contribution in [1.82, 2.24) is 0 Å². The summed E-state index contributed by atoms with van der Waals surface area (Å²) in [6.07, 6.45) is 13.5. The van der Waals surface area contributed by atoms with Crippen LogP contribution in [-0.2, 0) is 0 Å². The van der Waals surface area contributed by atoms with E-state index >= 15 is 0 Å². The standard InChI is InChI=1S/C27H38N2O2/c1-2-3-4-5-6-7-8-9-10-11-15-18-26(30)27(31)23-19-21-25(22-20-23)29-28-24-16-13-12-14-17-24/h12-14,16-17,19-22,26,30H,2-11,15,18H2,1H3. The van der Waals surface area contributed by atoms with Gasteiger partial charge >= 0.3 is 0 Å². The molecule has 0 aliphatic heterocycles. The average molecular weight is 423 g/mol. The van der Waals surface area contributed by atoms with E-state index in [1.54, 1.807) is 24.3 Å². The molecule has 4 nitrogen and oxygen atoms in total. The number of azo groups is 1. The minimum atomic E-state index is -0.921. The van der Waals surface area contributed by atoms with E-state index in [-0.39, 0.29) is 5.78 Å². The summed E-state index contributed by atoms with van der Waals surface area (Å²) in [5.74, 6) is -0.210. The lowest BCUT2D eigenvalue weighted by Gasteiger charge is -2.10. The first-order valence-electron chi connectivity index (χ1n) is 12.0. The van der Waals surface area contributed by atoms with Crippen LogP contribution in [0.4, 0.5) is 11.4 Å². The highest BCUT2D eigenvalue weighted by Gasteiger charge is 2.16. The average Bonchev–Trinajstić information content (AvgIpc) is 2.81. The molecule has 0 fully saturated rings. The van der Waals surface area contributed by atoms with E-state index in [4.69, 9.17) is 0 Å². The molecule has 0 radical (unpaired) electrons. The maximum atomic E-state index is 12.4. The van der Waals surface area contributed by atoms with E-state index in [0.717, 1.165) is 18.5 Å². The van der Waals surface area contributed by atoms with Gasteiger partial charge in [-0.2, -0.15) is 10.2 Å². The first-order chi connectivity index (χ1) is 15.2. The van der Waals surface area contributed by atoms with Crippen LogP contribution in [0.5, 0.6) is 0 Å². The molecule has 0 aromatic heterocycles. The van der Waals surface area contributed by atoms with E-state index in [9.17, 15) is 9.90 Å². The normalized spacial score (nSPS) is 12.3. The number of benzene rings is 2. The summed E-state index contributed by atoms with van der Waals surface area (Å²) in [5.41, 5.74) is 1.99. The van der Waals surface area contributed by atoms with Gasteiger partial charge in [0.25, 0.3) is 0 Å². The number of aliphatic hydroxyl groups excluding tert-OH is 1. The monoisotopic (exact) mass is 422 g/mol. The van der Waals surface area contributed by atoms with Crippen molar-refractivity contribution in [2.45, 2.75) is 90.1 Å². The van der Waals surface area contributed by atoms with Crippen molar-refractivity contribution in [3.8, 4) is 0 Å². The third-order valence-corrected chi connectivity index (χ3v) is 5.57. The molecule has 2 rings (SSSR count). The molecule has 0 saturated heterocycles. The fraction of sp³-hybridized carbons (Fsp3) is 0.519. The minimum Gasteiger partial charge on any atom is -0.385 e. The minimum absolute atomic E-state index is 0.210. The highest BCUT2D eigenvalue weighted by atomic mass is 16.3. The maximum Gasteiger partial charge on any atom is 0.191 e. The molecular weight excluding hydrogens is 384 g/mol. The lowest BCUT2D eigenvalue weighted by Crippen LogP contribution is -2.20. The SMILES string of the molecule is CCCCCCCCCCCCCC(O)C(=O)c1ccc(N=Nc2ccccc2)cc1. The molecule has 0 amide bonds. The van der Waals surface area contributed by atoms with Gasteiger partial charge < -0.3 is 5.11 Å². The summed E-state index contributed by atoms with van der Waals surface area (Å²) in [7, 11) is 0. The van der Waals surface area contributed by atoms with Gasteiger partial charge in [0, 0.05) is 5.56 Å². The Bertz CT molecular complexity index is 757. The van der Waals surface area contributed by atoms with Gasteiger partial charge in [-0.15, -0.1) is 0 Å². The third-order valence-electron chi connectivity index (χ3n) is 5.57. The Labute approximate surface area is 187 Å². The van der Waals surface area contributed by atoms with Crippen molar-refractivity contribution >= 4 is 17.2 Å². The van der Waals surface area contributed by atoms with Gasteiger partial charge in [-0.1, -0.05) is 95.8 Å². The molecule has 0 saturated carbocycles. The topological polar surface area (TPSA) is 62.0 Å². The Hall–Kier alpha value is -2.33. The lowest BCUT2D eigenvalue weighted by atomic mass is 10.00. The van der Waals surface area contributed by atoms with Crippen LogP contribution in [-0.4, -0.2) is 17.0 Å². The molecule has 2 aromatic rings. The fourth-order valence-electron chi connectivity index (χ4n) is 3.63. The summed E-state index contributed by atoms with van der Waals surface area (Å²) in [5, 5.41) is 18.6. The van der Waals surface area contributed by atoms with Gasteiger partial charge in [0.15, 0.2) is 5.78 Å². The van der Waals surface area contributed by atoms with E-state index in [0.29, 0.717) is 17.7 Å². The Kier molecular flexibility index (Phi) is 12.4. The van der Waals surface area contributed by atoms with Gasteiger partial charge in [0.05, 0.1) is 11.4 Å². The number of ketones is 1. The maximum absolute atomic E-state index is 12.4. The molecule has 1 atom stereocenters. The lowest BCUT2D eigenvalue weighted by molar-refractivity contribution is 0.0725. The zero-order chi connectivity index (χ0) is 22.2. The number of rotatable bonds is 16. The van der Waals surface area contributed by atoms with Crippen molar-refractivity contribution in [2.75, 3.05) is 0 Å².